The number of hydrogen-bond donors (Lipinski definition) is 3. The van der Waals surface area contributed by atoms with Crippen LogP contribution < -0.4 is 15.5 Å². The molecule has 0 spiro atoms. The van der Waals surface area contributed by atoms with Gasteiger partial charge in [0.25, 0.3) is 5.91 Å². The van der Waals surface area contributed by atoms with Crippen molar-refractivity contribution in [1.82, 2.24) is 15.3 Å². The zero-order valence-electron chi connectivity index (χ0n) is 24.1. The van der Waals surface area contributed by atoms with Gasteiger partial charge < -0.3 is 20.6 Å². The van der Waals surface area contributed by atoms with E-state index in [-0.39, 0.29) is 28.8 Å². The number of aromatic nitrogens is 2. The van der Waals surface area contributed by atoms with Crippen LogP contribution in [0.25, 0.3) is 10.9 Å². The van der Waals surface area contributed by atoms with E-state index in [0.29, 0.717) is 17.3 Å². The van der Waals surface area contributed by atoms with Gasteiger partial charge in [0.05, 0.1) is 5.52 Å². The Hall–Kier alpha value is -3.35. The van der Waals surface area contributed by atoms with Crippen molar-refractivity contribution in [1.29, 1.82) is 0 Å². The fourth-order valence-corrected chi connectivity index (χ4v) is 5.21. The Labute approximate surface area is 227 Å². The first-order valence-electron chi connectivity index (χ1n) is 13.6. The van der Waals surface area contributed by atoms with Gasteiger partial charge in [-0.05, 0) is 60.8 Å². The lowest BCUT2D eigenvalue weighted by Crippen LogP contribution is -2.40. The van der Waals surface area contributed by atoms with Crippen molar-refractivity contribution in [2.75, 3.05) is 24.3 Å². The summed E-state index contributed by atoms with van der Waals surface area (Å²) in [6, 6.07) is 12.1. The summed E-state index contributed by atoms with van der Waals surface area (Å²) >= 11 is 0. The van der Waals surface area contributed by atoms with E-state index in [1.807, 2.05) is 55.4 Å². The third kappa shape index (κ3) is 6.03. The highest BCUT2D eigenvalue weighted by Gasteiger charge is 2.29. The minimum atomic E-state index is -0.276. The molecule has 4 rings (SSSR count). The van der Waals surface area contributed by atoms with Crippen LogP contribution in [0, 0.1) is 0 Å². The van der Waals surface area contributed by atoms with Gasteiger partial charge in [-0.1, -0.05) is 53.7 Å². The predicted octanol–water partition coefficient (Wildman–Crippen LogP) is 6.15. The molecule has 38 heavy (non-hydrogen) atoms. The lowest BCUT2D eigenvalue weighted by molar-refractivity contribution is 0.0926. The number of anilines is 2. The van der Waals surface area contributed by atoms with Crippen molar-refractivity contribution in [3.63, 3.8) is 0 Å². The van der Waals surface area contributed by atoms with Gasteiger partial charge in [-0.2, -0.15) is 4.98 Å². The van der Waals surface area contributed by atoms with E-state index >= 15 is 0 Å². The Morgan fingerprint density at radius 3 is 2.00 bits per heavy atom. The highest BCUT2D eigenvalue weighted by molar-refractivity contribution is 5.95. The van der Waals surface area contributed by atoms with Crippen LogP contribution in [0.1, 0.15) is 88.7 Å². The van der Waals surface area contributed by atoms with Crippen molar-refractivity contribution in [2.24, 2.45) is 0 Å². The number of fused-ring (bicyclic) bond motifs is 1. The van der Waals surface area contributed by atoms with Crippen LogP contribution in [0.15, 0.2) is 36.4 Å². The van der Waals surface area contributed by atoms with Crippen LogP contribution in [0.4, 0.5) is 11.8 Å². The summed E-state index contributed by atoms with van der Waals surface area (Å²) in [5.74, 6) is 1.76. The number of phenolic OH excluding ortho intramolecular Hbond substituents is 1. The maximum atomic E-state index is 13.3. The molecule has 0 atom stereocenters. The van der Waals surface area contributed by atoms with Crippen LogP contribution >= 0.6 is 0 Å². The second-order valence-electron chi connectivity index (χ2n) is 12.9. The standard InChI is InChI=1S/C31H43N5O2/c1-30(2,3)23-17-19(18-24(26(23)37)31(4,5)6)28(38)32-20-13-15-21(16-14-20)33-29-34-25-12-10-9-11-22(25)27(35-29)36(7)8/h9-12,17-18,20-21,37H,13-16H2,1-8H3,(H,32,38)(H,33,34,35)/t20-,21+. The van der Waals surface area contributed by atoms with Gasteiger partial charge in [-0.25, -0.2) is 4.98 Å². The van der Waals surface area contributed by atoms with Crippen LogP contribution in [-0.2, 0) is 10.8 Å². The maximum absolute atomic E-state index is 13.3. The summed E-state index contributed by atoms with van der Waals surface area (Å²) in [5.41, 5.74) is 2.58. The molecule has 204 valence electrons. The minimum Gasteiger partial charge on any atom is -0.507 e. The molecule has 7 nitrogen and oxygen atoms in total. The molecule has 3 aromatic rings. The van der Waals surface area contributed by atoms with Crippen molar-refractivity contribution < 1.29 is 9.90 Å². The molecule has 0 saturated heterocycles. The molecule has 0 bridgehead atoms. The highest BCUT2D eigenvalue weighted by Crippen LogP contribution is 2.40. The average Bonchev–Trinajstić information content (AvgIpc) is 2.83. The molecular formula is C31H43N5O2. The van der Waals surface area contributed by atoms with E-state index in [9.17, 15) is 9.90 Å². The second kappa shape index (κ2) is 10.4. The number of aromatic hydroxyl groups is 1. The first kappa shape index (κ1) is 27.7. The molecule has 0 unspecified atom stereocenters. The monoisotopic (exact) mass is 517 g/mol. The number of hydrogen-bond acceptors (Lipinski definition) is 6. The third-order valence-electron chi connectivity index (χ3n) is 7.39. The van der Waals surface area contributed by atoms with Crippen LogP contribution in [0.3, 0.4) is 0 Å². The van der Waals surface area contributed by atoms with Crippen molar-refractivity contribution >= 4 is 28.6 Å². The Kier molecular flexibility index (Phi) is 7.60. The van der Waals surface area contributed by atoms with E-state index in [1.165, 1.54) is 0 Å². The lowest BCUT2D eigenvalue weighted by Gasteiger charge is -2.31. The third-order valence-corrected chi connectivity index (χ3v) is 7.39. The van der Waals surface area contributed by atoms with E-state index in [4.69, 9.17) is 9.97 Å². The number of carbonyl (C=O) groups is 1. The van der Waals surface area contributed by atoms with Crippen molar-refractivity contribution in [3.05, 3.63) is 53.1 Å². The first-order valence-corrected chi connectivity index (χ1v) is 13.6. The van der Waals surface area contributed by atoms with Gasteiger partial charge >= 0.3 is 0 Å². The molecule has 0 aliphatic heterocycles. The Bertz CT molecular complexity index is 1280. The van der Waals surface area contributed by atoms with Gasteiger partial charge in [-0.3, -0.25) is 4.79 Å². The predicted molar refractivity (Wildman–Crippen MR) is 157 cm³/mol. The normalized spacial score (nSPS) is 18.3. The zero-order valence-corrected chi connectivity index (χ0v) is 24.1. The van der Waals surface area contributed by atoms with E-state index in [2.05, 4.69) is 52.2 Å². The van der Waals surface area contributed by atoms with Crippen molar-refractivity contribution in [3.8, 4) is 5.75 Å². The fraction of sp³-hybridized carbons (Fsp3) is 0.516. The zero-order chi connectivity index (χ0) is 27.8. The molecule has 3 N–H and O–H groups in total. The minimum absolute atomic E-state index is 0.0779. The number of carbonyl (C=O) groups excluding carboxylic acids is 1. The largest absolute Gasteiger partial charge is 0.507 e. The van der Waals surface area contributed by atoms with E-state index < -0.39 is 0 Å². The molecule has 1 aliphatic rings. The van der Waals surface area contributed by atoms with Gasteiger partial charge in [0.2, 0.25) is 5.95 Å². The molecule has 1 saturated carbocycles. The highest BCUT2D eigenvalue weighted by atomic mass is 16.3. The Balaban J connectivity index is 1.44. The smallest absolute Gasteiger partial charge is 0.251 e. The van der Waals surface area contributed by atoms with E-state index in [1.54, 1.807) is 0 Å². The molecule has 1 aliphatic carbocycles. The SMILES string of the molecule is CN(C)c1nc(N[C@H]2CC[C@@H](NC(=O)c3cc(C(C)(C)C)c(O)c(C(C)(C)C)c3)CC2)nc2ccccc12. The van der Waals surface area contributed by atoms with E-state index in [0.717, 1.165) is 53.5 Å². The van der Waals surface area contributed by atoms with Crippen LogP contribution in [0.2, 0.25) is 0 Å². The van der Waals surface area contributed by atoms with Gasteiger partial charge in [0, 0.05) is 48.3 Å². The summed E-state index contributed by atoms with van der Waals surface area (Å²) < 4.78 is 0. The van der Waals surface area contributed by atoms with Gasteiger partial charge in [-0.15, -0.1) is 0 Å². The summed E-state index contributed by atoms with van der Waals surface area (Å²) in [4.78, 5) is 24.9. The fourth-order valence-electron chi connectivity index (χ4n) is 5.21. The molecule has 7 heteroatoms. The van der Waals surface area contributed by atoms with Crippen LogP contribution in [-0.4, -0.2) is 47.2 Å². The number of nitrogens with one attached hydrogen (secondary N) is 2. The average molecular weight is 518 g/mol. The summed E-state index contributed by atoms with van der Waals surface area (Å²) in [5, 5.41) is 18.8. The number of nitrogens with zero attached hydrogens (tertiary/aromatic N) is 3. The molecular weight excluding hydrogens is 474 g/mol. The number of rotatable bonds is 5. The molecule has 1 aromatic heterocycles. The number of amides is 1. The maximum Gasteiger partial charge on any atom is 0.251 e. The summed E-state index contributed by atoms with van der Waals surface area (Å²) in [6.07, 6.45) is 3.62. The molecule has 1 heterocycles. The number of phenols is 1. The second-order valence-corrected chi connectivity index (χ2v) is 12.9. The first-order chi connectivity index (χ1) is 17.7. The van der Waals surface area contributed by atoms with Crippen LogP contribution in [0.5, 0.6) is 5.75 Å². The quantitative estimate of drug-likeness (QED) is 0.376. The van der Waals surface area contributed by atoms with Gasteiger partial charge in [0.1, 0.15) is 11.6 Å². The van der Waals surface area contributed by atoms with Gasteiger partial charge in [0.15, 0.2) is 0 Å². The molecule has 1 amide bonds. The number of benzene rings is 2. The molecule has 2 aromatic carbocycles. The Morgan fingerprint density at radius 1 is 0.895 bits per heavy atom. The van der Waals surface area contributed by atoms with Crippen molar-refractivity contribution in [2.45, 2.75) is 90.1 Å². The topological polar surface area (TPSA) is 90.4 Å². The summed E-state index contributed by atoms with van der Waals surface area (Å²) in [7, 11) is 3.99. The Morgan fingerprint density at radius 2 is 1.45 bits per heavy atom. The molecule has 1 fully saturated rings. The summed E-state index contributed by atoms with van der Waals surface area (Å²) in [6.45, 7) is 12.4. The molecule has 0 radical (unpaired) electrons. The number of para-hydroxylation sites is 1. The lowest BCUT2D eigenvalue weighted by atomic mass is 9.78.